The van der Waals surface area contributed by atoms with Gasteiger partial charge in [-0.25, -0.2) is 0 Å². The molecule has 8 heteroatoms. The normalized spacial score (nSPS) is 16.6. The van der Waals surface area contributed by atoms with Gasteiger partial charge in [0.1, 0.15) is 17.4 Å². The van der Waals surface area contributed by atoms with Gasteiger partial charge in [-0.1, -0.05) is 18.2 Å². The lowest BCUT2D eigenvalue weighted by molar-refractivity contribution is 0.174. The number of allylic oxidation sites excluding steroid dienone is 1. The Morgan fingerprint density at radius 2 is 2.07 bits per heavy atom. The van der Waals surface area contributed by atoms with E-state index in [0.29, 0.717) is 46.6 Å². The lowest BCUT2D eigenvalue weighted by Gasteiger charge is -2.25. The smallest absolute Gasteiger partial charge is 0.244 e. The van der Waals surface area contributed by atoms with Crippen LogP contribution >= 0.6 is 0 Å². The maximum atomic E-state index is 9.89. The molecule has 0 radical (unpaired) electrons. The Balaban J connectivity index is 1.71. The van der Waals surface area contributed by atoms with Crippen LogP contribution in [0.4, 0.5) is 0 Å². The fourth-order valence-electron chi connectivity index (χ4n) is 3.83. The third-order valence-corrected chi connectivity index (χ3v) is 5.13. The SMILES string of the molecule is CCOc1ccccc1[C@H]1C(C#N)=C(N)Oc2n[nH]c(-c3ccc4c(c3)OCO4)c21. The fourth-order valence-corrected chi connectivity index (χ4v) is 3.83. The molecule has 0 bridgehead atoms. The van der Waals surface area contributed by atoms with E-state index in [1.165, 1.54) is 0 Å². The number of rotatable bonds is 4. The minimum atomic E-state index is -0.499. The molecule has 1 aromatic heterocycles. The standard InChI is InChI=1S/C22H18N4O4/c1-2-27-15-6-4-3-5-13(15)18-14(10-23)21(24)30-22-19(18)20(25-26-22)12-7-8-16-17(9-12)29-11-28-16/h3-9,18H,2,11,24H2,1H3,(H,25,26)/t18-/m0/s1. The maximum Gasteiger partial charge on any atom is 0.244 e. The van der Waals surface area contributed by atoms with E-state index in [2.05, 4.69) is 16.3 Å². The largest absolute Gasteiger partial charge is 0.494 e. The Hall–Kier alpha value is -4.12. The van der Waals surface area contributed by atoms with Crippen LogP contribution in [-0.2, 0) is 0 Å². The minimum Gasteiger partial charge on any atom is -0.494 e. The molecule has 0 saturated heterocycles. The second-order valence-corrected chi connectivity index (χ2v) is 6.78. The average Bonchev–Trinajstić information content (AvgIpc) is 3.39. The van der Waals surface area contributed by atoms with Crippen LogP contribution in [0.25, 0.3) is 11.3 Å². The second kappa shape index (κ2) is 7.04. The number of nitrogens with two attached hydrogens (primary N) is 1. The molecule has 3 heterocycles. The Morgan fingerprint density at radius 3 is 2.90 bits per heavy atom. The minimum absolute atomic E-state index is 0.0324. The van der Waals surface area contributed by atoms with Crippen molar-refractivity contribution in [2.24, 2.45) is 5.73 Å². The predicted octanol–water partition coefficient (Wildman–Crippen LogP) is 3.42. The van der Waals surface area contributed by atoms with Crippen molar-refractivity contribution in [3.63, 3.8) is 0 Å². The number of H-pyrrole nitrogens is 1. The Morgan fingerprint density at radius 1 is 1.23 bits per heavy atom. The number of nitrogens with one attached hydrogen (secondary N) is 1. The van der Waals surface area contributed by atoms with Crippen LogP contribution in [0.5, 0.6) is 23.1 Å². The molecule has 2 aliphatic heterocycles. The van der Waals surface area contributed by atoms with Gasteiger partial charge in [-0.05, 0) is 31.2 Å². The van der Waals surface area contributed by atoms with E-state index in [0.717, 1.165) is 11.1 Å². The first kappa shape index (κ1) is 17.9. The number of para-hydroxylation sites is 1. The van der Waals surface area contributed by atoms with Crippen molar-refractivity contribution in [2.45, 2.75) is 12.8 Å². The molecule has 2 aliphatic rings. The topological polar surface area (TPSA) is 115 Å². The maximum absolute atomic E-state index is 9.89. The van der Waals surface area contributed by atoms with E-state index in [9.17, 15) is 5.26 Å². The number of ether oxygens (including phenoxy) is 4. The van der Waals surface area contributed by atoms with E-state index >= 15 is 0 Å². The van der Waals surface area contributed by atoms with Gasteiger partial charge in [0, 0.05) is 11.1 Å². The zero-order valence-corrected chi connectivity index (χ0v) is 16.1. The molecular formula is C22H18N4O4. The van der Waals surface area contributed by atoms with Crippen molar-refractivity contribution in [1.82, 2.24) is 10.2 Å². The number of nitrogens with zero attached hydrogens (tertiary/aromatic N) is 2. The van der Waals surface area contributed by atoms with Gasteiger partial charge in [0.05, 0.1) is 23.8 Å². The van der Waals surface area contributed by atoms with Crippen LogP contribution in [-0.4, -0.2) is 23.6 Å². The summed E-state index contributed by atoms with van der Waals surface area (Å²) in [5.74, 6) is 1.87. The van der Waals surface area contributed by atoms with Crippen LogP contribution in [0, 0.1) is 11.3 Å². The Labute approximate surface area is 172 Å². The van der Waals surface area contributed by atoms with Gasteiger partial charge >= 0.3 is 0 Å². The Bertz CT molecular complexity index is 1210. The molecule has 3 N–H and O–H groups in total. The summed E-state index contributed by atoms with van der Waals surface area (Å²) in [7, 11) is 0. The molecule has 0 saturated carbocycles. The van der Waals surface area contributed by atoms with Crippen molar-refractivity contribution in [2.75, 3.05) is 13.4 Å². The van der Waals surface area contributed by atoms with Gasteiger partial charge < -0.3 is 24.7 Å². The van der Waals surface area contributed by atoms with Gasteiger partial charge in [-0.15, -0.1) is 5.10 Å². The van der Waals surface area contributed by atoms with Crippen LogP contribution in [0.2, 0.25) is 0 Å². The van der Waals surface area contributed by atoms with E-state index < -0.39 is 5.92 Å². The summed E-state index contributed by atoms with van der Waals surface area (Å²) >= 11 is 0. The summed E-state index contributed by atoms with van der Waals surface area (Å²) in [6.07, 6.45) is 0. The van der Waals surface area contributed by atoms with Crippen molar-refractivity contribution in [3.05, 3.63) is 65.0 Å². The molecule has 30 heavy (non-hydrogen) atoms. The first-order valence-electron chi connectivity index (χ1n) is 9.48. The number of fused-ring (bicyclic) bond motifs is 2. The number of aromatic nitrogens is 2. The first-order valence-corrected chi connectivity index (χ1v) is 9.48. The summed E-state index contributed by atoms with van der Waals surface area (Å²) in [5, 5.41) is 17.2. The third kappa shape index (κ3) is 2.71. The molecule has 0 amide bonds. The molecule has 0 fully saturated rings. The van der Waals surface area contributed by atoms with Gasteiger partial charge in [0.2, 0.25) is 18.6 Å². The second-order valence-electron chi connectivity index (χ2n) is 6.78. The van der Waals surface area contributed by atoms with Crippen LogP contribution in [0.1, 0.15) is 24.0 Å². The van der Waals surface area contributed by atoms with E-state index in [1.54, 1.807) is 0 Å². The van der Waals surface area contributed by atoms with E-state index in [-0.39, 0.29) is 12.7 Å². The summed E-state index contributed by atoms with van der Waals surface area (Å²) in [5.41, 5.74) is 9.45. The number of hydrogen-bond acceptors (Lipinski definition) is 7. The van der Waals surface area contributed by atoms with Crippen molar-refractivity contribution < 1.29 is 18.9 Å². The highest BCUT2D eigenvalue weighted by Gasteiger charge is 2.37. The molecule has 2 aromatic carbocycles. The quantitative estimate of drug-likeness (QED) is 0.687. The van der Waals surface area contributed by atoms with E-state index in [4.69, 9.17) is 24.7 Å². The zero-order valence-electron chi connectivity index (χ0n) is 16.1. The highest BCUT2D eigenvalue weighted by Crippen LogP contribution is 2.48. The lowest BCUT2D eigenvalue weighted by atomic mass is 9.82. The fraction of sp³-hybridized carbons (Fsp3) is 0.182. The number of aromatic amines is 1. The molecule has 5 rings (SSSR count). The van der Waals surface area contributed by atoms with Crippen LogP contribution in [0.3, 0.4) is 0 Å². The molecule has 0 spiro atoms. The number of hydrogen-bond donors (Lipinski definition) is 2. The highest BCUT2D eigenvalue weighted by atomic mass is 16.7. The molecule has 0 unspecified atom stereocenters. The lowest BCUT2D eigenvalue weighted by Crippen LogP contribution is -2.21. The third-order valence-electron chi connectivity index (χ3n) is 5.13. The van der Waals surface area contributed by atoms with Gasteiger partial charge in [0.15, 0.2) is 11.5 Å². The molecule has 0 aliphatic carbocycles. The van der Waals surface area contributed by atoms with Crippen molar-refractivity contribution in [1.29, 1.82) is 5.26 Å². The van der Waals surface area contributed by atoms with Crippen molar-refractivity contribution in [3.8, 4) is 40.5 Å². The molecule has 150 valence electrons. The molecular weight excluding hydrogens is 384 g/mol. The summed E-state index contributed by atoms with van der Waals surface area (Å²) in [4.78, 5) is 0. The van der Waals surface area contributed by atoms with Gasteiger partial charge in [-0.3, -0.25) is 5.10 Å². The first-order chi connectivity index (χ1) is 14.7. The summed E-state index contributed by atoms with van der Waals surface area (Å²) in [6, 6.07) is 15.4. The van der Waals surface area contributed by atoms with Crippen LogP contribution < -0.4 is 24.7 Å². The average molecular weight is 402 g/mol. The molecule has 1 atom stereocenters. The highest BCUT2D eigenvalue weighted by molar-refractivity contribution is 5.73. The van der Waals surface area contributed by atoms with Gasteiger partial charge in [-0.2, -0.15) is 5.26 Å². The van der Waals surface area contributed by atoms with Crippen molar-refractivity contribution >= 4 is 0 Å². The van der Waals surface area contributed by atoms with Crippen LogP contribution in [0.15, 0.2) is 53.9 Å². The molecule has 8 nitrogen and oxygen atoms in total. The van der Waals surface area contributed by atoms with Gasteiger partial charge in [0.25, 0.3) is 0 Å². The molecule has 3 aromatic rings. The summed E-state index contributed by atoms with van der Waals surface area (Å²) < 4.78 is 22.4. The predicted molar refractivity (Wildman–Crippen MR) is 107 cm³/mol. The van der Waals surface area contributed by atoms with E-state index in [1.807, 2.05) is 49.4 Å². The number of nitriles is 1. The summed E-state index contributed by atoms with van der Waals surface area (Å²) in [6.45, 7) is 2.59. The number of benzene rings is 2. The monoisotopic (exact) mass is 402 g/mol. The zero-order chi connectivity index (χ0) is 20.7. The Kier molecular flexibility index (Phi) is 4.21.